The number of hydrogen-bond donors (Lipinski definition) is 1. The minimum absolute atomic E-state index is 0.0519. The molecule has 0 aromatic heterocycles. The minimum Gasteiger partial charge on any atom is -0.495 e. The average molecular weight is 382 g/mol. The monoisotopic (exact) mass is 381 g/mol. The molecular formula is C13H17BrFNO4S. The number of aliphatic hydroxyl groups is 1. The number of halogens is 2. The van der Waals surface area contributed by atoms with Crippen molar-refractivity contribution in [2.75, 3.05) is 26.8 Å². The van der Waals surface area contributed by atoms with Gasteiger partial charge in [0.25, 0.3) is 0 Å². The van der Waals surface area contributed by atoms with Crippen LogP contribution in [0.15, 0.2) is 21.5 Å². The molecule has 2 atom stereocenters. The molecule has 1 fully saturated rings. The largest absolute Gasteiger partial charge is 0.495 e. The standard InChI is InChI=1S/C13H17BrFNO4S/c1-8-5-16(6-9(8)7-17)21(18,19)13-4-11(15)10(14)3-12(13)20-2/h3-4,8-9,17H,5-7H2,1-2H3/t8-,9+/m1/s1. The molecule has 21 heavy (non-hydrogen) atoms. The fraction of sp³-hybridized carbons (Fsp3) is 0.538. The number of benzene rings is 1. The molecule has 1 N–H and O–H groups in total. The molecule has 1 heterocycles. The van der Waals surface area contributed by atoms with Gasteiger partial charge in [-0.25, -0.2) is 12.8 Å². The summed E-state index contributed by atoms with van der Waals surface area (Å²) in [6.45, 7) is 2.34. The van der Waals surface area contributed by atoms with Crippen molar-refractivity contribution in [1.29, 1.82) is 0 Å². The van der Waals surface area contributed by atoms with Crippen LogP contribution in [0.4, 0.5) is 4.39 Å². The van der Waals surface area contributed by atoms with Gasteiger partial charge >= 0.3 is 0 Å². The van der Waals surface area contributed by atoms with E-state index in [1.807, 2.05) is 6.92 Å². The number of sulfonamides is 1. The summed E-state index contributed by atoms with van der Waals surface area (Å²) in [4.78, 5) is -0.198. The van der Waals surface area contributed by atoms with E-state index in [-0.39, 0.29) is 40.1 Å². The number of methoxy groups -OCH3 is 1. The van der Waals surface area contributed by atoms with Gasteiger partial charge in [-0.05, 0) is 39.9 Å². The first-order valence-electron chi connectivity index (χ1n) is 6.45. The lowest BCUT2D eigenvalue weighted by Crippen LogP contribution is -2.30. The SMILES string of the molecule is COc1cc(Br)c(F)cc1S(=O)(=O)N1C[C@@H](CO)[C@H](C)C1. The topological polar surface area (TPSA) is 66.8 Å². The molecular weight excluding hydrogens is 365 g/mol. The zero-order valence-electron chi connectivity index (χ0n) is 11.7. The van der Waals surface area contributed by atoms with Gasteiger partial charge in [-0.1, -0.05) is 6.92 Å². The van der Waals surface area contributed by atoms with Crippen LogP contribution in [0.3, 0.4) is 0 Å². The van der Waals surface area contributed by atoms with Crippen LogP contribution >= 0.6 is 15.9 Å². The Kier molecular flexibility index (Phi) is 4.92. The van der Waals surface area contributed by atoms with Crippen molar-refractivity contribution in [3.05, 3.63) is 22.4 Å². The Hall–Kier alpha value is -0.700. The quantitative estimate of drug-likeness (QED) is 0.863. The molecule has 0 saturated carbocycles. The fourth-order valence-electron chi connectivity index (χ4n) is 2.43. The van der Waals surface area contributed by atoms with Crippen LogP contribution in [0.25, 0.3) is 0 Å². The van der Waals surface area contributed by atoms with E-state index < -0.39 is 15.8 Å². The number of nitrogens with zero attached hydrogens (tertiary/aromatic N) is 1. The molecule has 1 aromatic carbocycles. The lowest BCUT2D eigenvalue weighted by molar-refractivity contribution is 0.210. The third-order valence-electron chi connectivity index (χ3n) is 3.79. The summed E-state index contributed by atoms with van der Waals surface area (Å²) < 4.78 is 45.5. The second-order valence-corrected chi connectivity index (χ2v) is 7.92. The van der Waals surface area contributed by atoms with Crippen molar-refractivity contribution in [3.63, 3.8) is 0 Å². The molecule has 8 heteroatoms. The molecule has 1 saturated heterocycles. The average Bonchev–Trinajstić information content (AvgIpc) is 2.83. The first-order chi connectivity index (χ1) is 9.81. The highest BCUT2D eigenvalue weighted by molar-refractivity contribution is 9.10. The lowest BCUT2D eigenvalue weighted by atomic mass is 10.00. The number of rotatable bonds is 4. The molecule has 0 spiro atoms. The molecule has 2 rings (SSSR count). The maximum atomic E-state index is 13.7. The fourth-order valence-corrected chi connectivity index (χ4v) is 4.50. The minimum atomic E-state index is -3.86. The second-order valence-electron chi connectivity index (χ2n) is 5.16. The number of aliphatic hydroxyl groups excluding tert-OH is 1. The van der Waals surface area contributed by atoms with E-state index in [9.17, 15) is 17.9 Å². The normalized spacial score (nSPS) is 23.5. The van der Waals surface area contributed by atoms with Gasteiger partial charge in [0.05, 0.1) is 11.6 Å². The van der Waals surface area contributed by atoms with Gasteiger partial charge in [0.1, 0.15) is 16.5 Å². The van der Waals surface area contributed by atoms with Gasteiger partial charge in [0.2, 0.25) is 10.0 Å². The van der Waals surface area contributed by atoms with Crippen LogP contribution in [-0.2, 0) is 10.0 Å². The van der Waals surface area contributed by atoms with Crippen LogP contribution in [-0.4, -0.2) is 44.6 Å². The van der Waals surface area contributed by atoms with Crippen molar-refractivity contribution in [3.8, 4) is 5.75 Å². The van der Waals surface area contributed by atoms with Crippen molar-refractivity contribution >= 4 is 26.0 Å². The summed E-state index contributed by atoms with van der Waals surface area (Å²) in [5.74, 6) is -0.633. The van der Waals surface area contributed by atoms with E-state index in [0.29, 0.717) is 6.54 Å². The Bertz CT molecular complexity index is 637. The molecule has 0 amide bonds. The Morgan fingerprint density at radius 2 is 2.14 bits per heavy atom. The maximum Gasteiger partial charge on any atom is 0.246 e. The van der Waals surface area contributed by atoms with Gasteiger partial charge in [-0.3, -0.25) is 0 Å². The van der Waals surface area contributed by atoms with Gasteiger partial charge in [0.15, 0.2) is 0 Å². The van der Waals surface area contributed by atoms with E-state index in [4.69, 9.17) is 4.74 Å². The second kappa shape index (κ2) is 6.20. The van der Waals surface area contributed by atoms with Gasteiger partial charge in [-0.2, -0.15) is 4.31 Å². The highest BCUT2D eigenvalue weighted by Crippen LogP contribution is 2.35. The van der Waals surface area contributed by atoms with Crippen LogP contribution < -0.4 is 4.74 Å². The van der Waals surface area contributed by atoms with Gasteiger partial charge in [-0.15, -0.1) is 0 Å². The summed E-state index contributed by atoms with van der Waals surface area (Å²) >= 11 is 3.01. The third-order valence-corrected chi connectivity index (χ3v) is 6.25. The van der Waals surface area contributed by atoms with Crippen molar-refractivity contribution in [2.24, 2.45) is 11.8 Å². The Labute approximate surface area is 131 Å². The Morgan fingerprint density at radius 3 is 2.67 bits per heavy atom. The zero-order valence-corrected chi connectivity index (χ0v) is 14.1. The summed E-state index contributed by atoms with van der Waals surface area (Å²) in [5.41, 5.74) is 0. The first-order valence-corrected chi connectivity index (χ1v) is 8.68. The van der Waals surface area contributed by atoms with E-state index in [2.05, 4.69) is 15.9 Å². The van der Waals surface area contributed by atoms with Crippen LogP contribution in [0.2, 0.25) is 0 Å². The highest BCUT2D eigenvalue weighted by Gasteiger charge is 2.38. The smallest absolute Gasteiger partial charge is 0.246 e. The molecule has 0 bridgehead atoms. The predicted octanol–water partition coefficient (Wildman–Crippen LogP) is 1.85. The van der Waals surface area contributed by atoms with E-state index in [1.165, 1.54) is 17.5 Å². The summed E-state index contributed by atoms with van der Waals surface area (Å²) in [5, 5.41) is 9.26. The van der Waals surface area contributed by atoms with Gasteiger partial charge in [0, 0.05) is 19.7 Å². The summed E-state index contributed by atoms with van der Waals surface area (Å²) in [7, 11) is -2.53. The Morgan fingerprint density at radius 1 is 1.48 bits per heavy atom. The first kappa shape index (κ1) is 16.7. The molecule has 5 nitrogen and oxygen atoms in total. The summed E-state index contributed by atoms with van der Waals surface area (Å²) in [6, 6.07) is 2.25. The predicted molar refractivity (Wildman–Crippen MR) is 79.2 cm³/mol. The van der Waals surface area contributed by atoms with Crippen LogP contribution in [0, 0.1) is 17.7 Å². The number of hydrogen-bond acceptors (Lipinski definition) is 4. The zero-order chi connectivity index (χ0) is 15.8. The molecule has 0 unspecified atom stereocenters. The molecule has 1 aliphatic rings. The van der Waals surface area contributed by atoms with Crippen LogP contribution in [0.1, 0.15) is 6.92 Å². The van der Waals surface area contributed by atoms with Crippen molar-refractivity contribution < 1.29 is 22.7 Å². The van der Waals surface area contributed by atoms with Gasteiger partial charge < -0.3 is 9.84 Å². The van der Waals surface area contributed by atoms with Crippen molar-refractivity contribution in [1.82, 2.24) is 4.31 Å². The lowest BCUT2D eigenvalue weighted by Gasteiger charge is -2.18. The maximum absolute atomic E-state index is 13.7. The van der Waals surface area contributed by atoms with Crippen LogP contribution in [0.5, 0.6) is 5.75 Å². The van der Waals surface area contributed by atoms with E-state index in [0.717, 1.165) is 6.07 Å². The van der Waals surface area contributed by atoms with E-state index >= 15 is 0 Å². The molecule has 0 aliphatic carbocycles. The highest BCUT2D eigenvalue weighted by atomic mass is 79.9. The molecule has 118 valence electrons. The van der Waals surface area contributed by atoms with E-state index in [1.54, 1.807) is 0 Å². The third kappa shape index (κ3) is 3.08. The number of ether oxygens (including phenoxy) is 1. The Balaban J connectivity index is 2.43. The molecule has 0 radical (unpaired) electrons. The molecule has 1 aromatic rings. The summed E-state index contributed by atoms with van der Waals surface area (Å²) in [6.07, 6.45) is 0. The van der Waals surface area contributed by atoms with Crippen molar-refractivity contribution in [2.45, 2.75) is 11.8 Å². The molecule has 1 aliphatic heterocycles.